The van der Waals surface area contributed by atoms with Crippen LogP contribution in [0.25, 0.3) is 44.5 Å². The summed E-state index contributed by atoms with van der Waals surface area (Å²) >= 11 is 0. The summed E-state index contributed by atoms with van der Waals surface area (Å²) in [6.07, 6.45) is 12.3. The van der Waals surface area contributed by atoms with E-state index in [0.29, 0.717) is 11.8 Å². The lowest BCUT2D eigenvalue weighted by Crippen LogP contribution is -2.17. The van der Waals surface area contributed by atoms with Crippen molar-refractivity contribution in [3.05, 3.63) is 186 Å². The van der Waals surface area contributed by atoms with Crippen molar-refractivity contribution >= 4 is 17.1 Å². The van der Waals surface area contributed by atoms with Crippen LogP contribution in [0.2, 0.25) is 0 Å². The zero-order valence-electron chi connectivity index (χ0n) is 34.7. The maximum atomic E-state index is 2.53. The minimum absolute atomic E-state index is 0.148. The van der Waals surface area contributed by atoms with Gasteiger partial charge in [-0.1, -0.05) is 167 Å². The van der Waals surface area contributed by atoms with Crippen LogP contribution in [-0.2, 0) is 5.41 Å². The molecule has 3 fully saturated rings. The molecule has 4 aliphatic rings. The van der Waals surface area contributed by atoms with E-state index in [1.165, 1.54) is 142 Å². The minimum Gasteiger partial charge on any atom is -0.310 e. The highest BCUT2D eigenvalue weighted by Crippen LogP contribution is 2.56. The van der Waals surface area contributed by atoms with Crippen LogP contribution < -0.4 is 4.90 Å². The van der Waals surface area contributed by atoms with E-state index in [0.717, 1.165) is 11.8 Å². The predicted octanol–water partition coefficient (Wildman–Crippen LogP) is 16.4. The molecular formula is C58H55N. The second-order valence-corrected chi connectivity index (χ2v) is 18.7. The first-order chi connectivity index (χ1) is 29.0. The fourth-order valence-corrected chi connectivity index (χ4v) is 11.9. The second kappa shape index (κ2) is 14.9. The van der Waals surface area contributed by atoms with Gasteiger partial charge in [-0.3, -0.25) is 0 Å². The van der Waals surface area contributed by atoms with Crippen molar-refractivity contribution in [1.82, 2.24) is 0 Å². The van der Waals surface area contributed by atoms with Crippen molar-refractivity contribution in [3.8, 4) is 44.5 Å². The highest BCUT2D eigenvalue weighted by molar-refractivity contribution is 5.96. The Kier molecular flexibility index (Phi) is 9.18. The van der Waals surface area contributed by atoms with E-state index in [1.807, 2.05) is 0 Å². The fourth-order valence-electron chi connectivity index (χ4n) is 11.9. The number of nitrogens with zero attached hydrogens (tertiary/aromatic N) is 1. The zero-order chi connectivity index (χ0) is 39.5. The topological polar surface area (TPSA) is 3.24 Å². The monoisotopic (exact) mass is 765 g/mol. The average molecular weight is 766 g/mol. The molecule has 4 aliphatic carbocycles. The molecule has 0 radical (unpaired) electrons. The molecule has 0 N–H and O–H groups in total. The van der Waals surface area contributed by atoms with E-state index < -0.39 is 0 Å². The Morgan fingerprint density at radius 1 is 0.458 bits per heavy atom. The third kappa shape index (κ3) is 6.46. The van der Waals surface area contributed by atoms with Crippen LogP contribution in [0.5, 0.6) is 0 Å². The van der Waals surface area contributed by atoms with E-state index in [9.17, 15) is 0 Å². The number of hydrogen-bond donors (Lipinski definition) is 0. The van der Waals surface area contributed by atoms with Gasteiger partial charge in [0, 0.05) is 22.5 Å². The smallest absolute Gasteiger partial charge is 0.0471 e. The lowest BCUT2D eigenvalue weighted by atomic mass is 9.81. The molecule has 3 saturated carbocycles. The Morgan fingerprint density at radius 3 is 1.78 bits per heavy atom. The van der Waals surface area contributed by atoms with E-state index in [2.05, 4.69) is 183 Å². The molecule has 0 saturated heterocycles. The molecule has 59 heavy (non-hydrogen) atoms. The van der Waals surface area contributed by atoms with Crippen LogP contribution in [0.1, 0.15) is 106 Å². The van der Waals surface area contributed by atoms with Gasteiger partial charge in [-0.05, 0) is 159 Å². The summed E-state index contributed by atoms with van der Waals surface area (Å²) in [5.74, 6) is 3.16. The van der Waals surface area contributed by atoms with Gasteiger partial charge in [-0.2, -0.15) is 0 Å². The Balaban J connectivity index is 1.06. The van der Waals surface area contributed by atoms with Gasteiger partial charge < -0.3 is 4.90 Å². The van der Waals surface area contributed by atoms with Gasteiger partial charge >= 0.3 is 0 Å². The van der Waals surface area contributed by atoms with Crippen LogP contribution in [-0.4, -0.2) is 0 Å². The zero-order valence-corrected chi connectivity index (χ0v) is 34.7. The molecule has 2 bridgehead atoms. The van der Waals surface area contributed by atoms with Crippen LogP contribution in [0, 0.1) is 11.8 Å². The maximum Gasteiger partial charge on any atom is 0.0471 e. The van der Waals surface area contributed by atoms with E-state index in [-0.39, 0.29) is 5.41 Å². The summed E-state index contributed by atoms with van der Waals surface area (Å²) in [4.78, 5) is 2.53. The molecular weight excluding hydrogens is 711 g/mol. The van der Waals surface area contributed by atoms with Crippen LogP contribution in [0.3, 0.4) is 0 Å². The lowest BCUT2D eigenvalue weighted by molar-refractivity contribution is 0.420. The third-order valence-electron chi connectivity index (χ3n) is 15.0. The van der Waals surface area contributed by atoms with Gasteiger partial charge in [0.15, 0.2) is 0 Å². The van der Waals surface area contributed by atoms with Gasteiger partial charge in [-0.25, -0.2) is 0 Å². The Labute approximate surface area is 351 Å². The third-order valence-corrected chi connectivity index (χ3v) is 15.0. The maximum absolute atomic E-state index is 2.53. The molecule has 1 heteroatoms. The first-order valence-corrected chi connectivity index (χ1v) is 22.5. The largest absolute Gasteiger partial charge is 0.310 e. The summed E-state index contributed by atoms with van der Waals surface area (Å²) < 4.78 is 0. The van der Waals surface area contributed by atoms with Crippen LogP contribution in [0.15, 0.2) is 164 Å². The van der Waals surface area contributed by atoms with Crippen LogP contribution in [0.4, 0.5) is 17.1 Å². The average Bonchev–Trinajstić information content (AvgIpc) is 4.00. The molecule has 7 aromatic carbocycles. The minimum atomic E-state index is -0.148. The first kappa shape index (κ1) is 36.4. The van der Waals surface area contributed by atoms with Crippen molar-refractivity contribution in [1.29, 1.82) is 0 Å². The van der Waals surface area contributed by atoms with Gasteiger partial charge in [-0.15, -0.1) is 0 Å². The van der Waals surface area contributed by atoms with Gasteiger partial charge in [0.1, 0.15) is 0 Å². The summed E-state index contributed by atoms with van der Waals surface area (Å²) in [5, 5.41) is 0. The van der Waals surface area contributed by atoms with Gasteiger partial charge in [0.25, 0.3) is 0 Å². The summed E-state index contributed by atoms with van der Waals surface area (Å²) in [5.41, 5.74) is 19.7. The molecule has 0 spiro atoms. The summed E-state index contributed by atoms with van der Waals surface area (Å²) in [7, 11) is 0. The molecule has 0 aromatic heterocycles. The number of anilines is 3. The molecule has 0 amide bonds. The van der Waals surface area contributed by atoms with Crippen molar-refractivity contribution < 1.29 is 0 Å². The van der Waals surface area contributed by atoms with E-state index in [1.54, 1.807) is 0 Å². The number of fused-ring (bicyclic) bond motifs is 5. The number of benzene rings is 7. The highest BCUT2D eigenvalue weighted by Gasteiger charge is 2.40. The van der Waals surface area contributed by atoms with Gasteiger partial charge in [0.05, 0.1) is 0 Å². The normalized spacial score (nSPS) is 20.3. The Bertz CT molecular complexity index is 2610. The predicted molar refractivity (Wildman–Crippen MR) is 249 cm³/mol. The SMILES string of the molecule is CC1(C)c2ccccc2-c2c(-c3ccc(-c4ccccc4)cc3)cc(N(c3ccc(-c4ccccc4C4CCCCC4)cc3)c3ccc(C4CC5CCC4C5)cc3)cc21. The molecule has 7 aromatic rings. The number of rotatable bonds is 8. The molecule has 11 rings (SSSR count). The molecule has 0 heterocycles. The summed E-state index contributed by atoms with van der Waals surface area (Å²) in [6.45, 7) is 4.83. The molecule has 292 valence electrons. The lowest BCUT2D eigenvalue weighted by Gasteiger charge is -2.30. The van der Waals surface area contributed by atoms with Crippen molar-refractivity contribution in [2.75, 3.05) is 4.90 Å². The summed E-state index contributed by atoms with van der Waals surface area (Å²) in [6, 6.07) is 62.5. The van der Waals surface area contributed by atoms with E-state index in [4.69, 9.17) is 0 Å². The fraction of sp³-hybridized carbons (Fsp3) is 0.276. The van der Waals surface area contributed by atoms with E-state index >= 15 is 0 Å². The standard InChI is InChI=1S/C58H55N/c1-58(2)55-20-12-11-19-52(55)57-54(45-25-23-41(24-26-45)40-13-5-3-6-14-40)37-49(38-56(57)58)59(48-33-29-44(30-34-48)53-36-39-21-22-46(53)35-39)47-31-27-43(28-32-47)51-18-10-9-17-50(51)42-15-7-4-8-16-42/h3,5-6,9-14,17-20,23-34,37-39,42,46,53H,4,7-8,15-16,21-22,35-36H2,1-2H3. The quantitative estimate of drug-likeness (QED) is 0.149. The highest BCUT2D eigenvalue weighted by atomic mass is 15.1. The molecule has 1 nitrogen and oxygen atoms in total. The molecule has 3 unspecified atom stereocenters. The first-order valence-electron chi connectivity index (χ1n) is 22.5. The second-order valence-electron chi connectivity index (χ2n) is 18.7. The Morgan fingerprint density at radius 2 is 1.07 bits per heavy atom. The number of hydrogen-bond acceptors (Lipinski definition) is 1. The van der Waals surface area contributed by atoms with Gasteiger partial charge in [0.2, 0.25) is 0 Å². The molecule has 3 atom stereocenters. The van der Waals surface area contributed by atoms with Crippen molar-refractivity contribution in [2.24, 2.45) is 11.8 Å². The van der Waals surface area contributed by atoms with Crippen molar-refractivity contribution in [3.63, 3.8) is 0 Å². The Hall–Kier alpha value is -5.66. The molecule has 0 aliphatic heterocycles. The van der Waals surface area contributed by atoms with Crippen molar-refractivity contribution in [2.45, 2.75) is 88.9 Å². The van der Waals surface area contributed by atoms with Crippen LogP contribution >= 0.6 is 0 Å².